The number of amides is 1. The van der Waals surface area contributed by atoms with Crippen LogP contribution in [0.4, 0.5) is 10.5 Å². The number of nitrogens with one attached hydrogen (secondary N) is 1. The van der Waals surface area contributed by atoms with E-state index in [9.17, 15) is 4.79 Å². The SMILES string of the molecule is N#CCc1cc(NC(=O)OCc2ccccc2)ccn1. The molecule has 2 rings (SSSR count). The van der Waals surface area contributed by atoms with Crippen LogP contribution in [0.2, 0.25) is 0 Å². The van der Waals surface area contributed by atoms with Crippen molar-refractivity contribution in [3.63, 3.8) is 0 Å². The summed E-state index contributed by atoms with van der Waals surface area (Å²) in [5, 5.41) is 11.2. The molecule has 5 nitrogen and oxygen atoms in total. The van der Waals surface area contributed by atoms with Gasteiger partial charge in [0.05, 0.1) is 18.2 Å². The first-order chi connectivity index (χ1) is 9.78. The minimum absolute atomic E-state index is 0.203. The number of hydrogen-bond donors (Lipinski definition) is 1. The van der Waals surface area contributed by atoms with E-state index >= 15 is 0 Å². The maximum Gasteiger partial charge on any atom is 0.411 e. The standard InChI is InChI=1S/C15H13N3O2/c16-8-6-13-10-14(7-9-17-13)18-15(19)20-11-12-4-2-1-3-5-12/h1-5,7,9-10H,6,11H2,(H,17,18,19). The van der Waals surface area contributed by atoms with Crippen LogP contribution in [-0.4, -0.2) is 11.1 Å². The Bertz CT molecular complexity index is 621. The van der Waals surface area contributed by atoms with Crippen LogP contribution in [0.25, 0.3) is 0 Å². The zero-order valence-corrected chi connectivity index (χ0v) is 10.7. The molecular formula is C15H13N3O2. The Hall–Kier alpha value is -2.87. The number of nitriles is 1. The van der Waals surface area contributed by atoms with Crippen molar-refractivity contribution < 1.29 is 9.53 Å². The quantitative estimate of drug-likeness (QED) is 0.924. The summed E-state index contributed by atoms with van der Waals surface area (Å²) in [5.41, 5.74) is 2.08. The van der Waals surface area contributed by atoms with Gasteiger partial charge in [-0.05, 0) is 17.7 Å². The van der Waals surface area contributed by atoms with Gasteiger partial charge in [0.1, 0.15) is 6.61 Å². The van der Waals surface area contributed by atoms with E-state index in [-0.39, 0.29) is 13.0 Å². The van der Waals surface area contributed by atoms with Gasteiger partial charge in [-0.15, -0.1) is 0 Å². The molecule has 0 bridgehead atoms. The Morgan fingerprint density at radius 2 is 2.10 bits per heavy atom. The molecule has 20 heavy (non-hydrogen) atoms. The molecule has 0 saturated carbocycles. The fourth-order valence-electron chi connectivity index (χ4n) is 1.61. The van der Waals surface area contributed by atoms with Gasteiger partial charge in [0.25, 0.3) is 0 Å². The molecule has 100 valence electrons. The van der Waals surface area contributed by atoms with E-state index in [4.69, 9.17) is 10.00 Å². The van der Waals surface area contributed by atoms with Crippen LogP contribution < -0.4 is 5.32 Å². The second-order valence-electron chi connectivity index (χ2n) is 4.06. The molecule has 1 aromatic carbocycles. The van der Waals surface area contributed by atoms with E-state index in [1.807, 2.05) is 36.4 Å². The van der Waals surface area contributed by atoms with Gasteiger partial charge in [-0.2, -0.15) is 5.26 Å². The van der Waals surface area contributed by atoms with Crippen molar-refractivity contribution in [3.8, 4) is 6.07 Å². The molecule has 0 saturated heterocycles. The Labute approximate surface area is 116 Å². The van der Waals surface area contributed by atoms with Crippen molar-refractivity contribution in [2.24, 2.45) is 0 Å². The zero-order valence-electron chi connectivity index (χ0n) is 10.7. The topological polar surface area (TPSA) is 75.0 Å². The Morgan fingerprint density at radius 3 is 2.85 bits per heavy atom. The van der Waals surface area contributed by atoms with E-state index in [1.165, 1.54) is 0 Å². The van der Waals surface area contributed by atoms with Crippen molar-refractivity contribution in [3.05, 3.63) is 59.9 Å². The molecule has 1 aromatic heterocycles. The summed E-state index contributed by atoms with van der Waals surface area (Å²) >= 11 is 0. The maximum atomic E-state index is 11.6. The Balaban J connectivity index is 1.88. The lowest BCUT2D eigenvalue weighted by atomic mass is 10.2. The fraction of sp³-hybridized carbons (Fsp3) is 0.133. The number of benzene rings is 1. The Kier molecular flexibility index (Phi) is 4.68. The van der Waals surface area contributed by atoms with Crippen LogP contribution in [-0.2, 0) is 17.8 Å². The third kappa shape index (κ3) is 4.10. The lowest BCUT2D eigenvalue weighted by Crippen LogP contribution is -2.13. The number of nitrogens with zero attached hydrogens (tertiary/aromatic N) is 2. The first kappa shape index (κ1) is 13.6. The molecule has 0 radical (unpaired) electrons. The molecule has 2 aromatic rings. The van der Waals surface area contributed by atoms with E-state index in [2.05, 4.69) is 10.3 Å². The smallest absolute Gasteiger partial charge is 0.411 e. The monoisotopic (exact) mass is 267 g/mol. The number of aromatic nitrogens is 1. The fourth-order valence-corrected chi connectivity index (χ4v) is 1.61. The van der Waals surface area contributed by atoms with Crippen LogP contribution in [0.3, 0.4) is 0 Å². The predicted octanol–water partition coefficient (Wildman–Crippen LogP) is 2.90. The number of anilines is 1. The third-order valence-corrected chi connectivity index (χ3v) is 2.54. The van der Waals surface area contributed by atoms with Gasteiger partial charge >= 0.3 is 6.09 Å². The van der Waals surface area contributed by atoms with Gasteiger partial charge in [0.2, 0.25) is 0 Å². The summed E-state index contributed by atoms with van der Waals surface area (Å²) in [7, 11) is 0. The molecule has 0 unspecified atom stereocenters. The number of carbonyl (C=O) groups is 1. The number of rotatable bonds is 4. The summed E-state index contributed by atoms with van der Waals surface area (Å²) in [6, 6.07) is 14.7. The summed E-state index contributed by atoms with van der Waals surface area (Å²) < 4.78 is 5.10. The van der Waals surface area contributed by atoms with E-state index in [1.54, 1.807) is 18.3 Å². The second-order valence-corrected chi connectivity index (χ2v) is 4.06. The van der Waals surface area contributed by atoms with Crippen molar-refractivity contribution in [1.82, 2.24) is 4.98 Å². The summed E-state index contributed by atoms with van der Waals surface area (Å²) in [6.07, 6.45) is 1.21. The van der Waals surface area contributed by atoms with Crippen molar-refractivity contribution in [2.45, 2.75) is 13.0 Å². The number of carbonyl (C=O) groups excluding carboxylic acids is 1. The first-order valence-corrected chi connectivity index (χ1v) is 6.07. The van der Waals surface area contributed by atoms with Crippen LogP contribution in [0.5, 0.6) is 0 Å². The average molecular weight is 267 g/mol. The summed E-state index contributed by atoms with van der Waals surface area (Å²) in [5.74, 6) is 0. The zero-order chi connectivity index (χ0) is 14.2. The van der Waals surface area contributed by atoms with Gasteiger partial charge in [-0.3, -0.25) is 10.3 Å². The van der Waals surface area contributed by atoms with E-state index < -0.39 is 6.09 Å². The van der Waals surface area contributed by atoms with Gasteiger partial charge in [-0.25, -0.2) is 4.79 Å². The first-order valence-electron chi connectivity index (χ1n) is 6.07. The van der Waals surface area contributed by atoms with Crippen LogP contribution >= 0.6 is 0 Å². The van der Waals surface area contributed by atoms with Gasteiger partial charge in [-0.1, -0.05) is 30.3 Å². The number of hydrogen-bond acceptors (Lipinski definition) is 4. The molecule has 0 spiro atoms. The lowest BCUT2D eigenvalue weighted by Gasteiger charge is -2.07. The van der Waals surface area contributed by atoms with Gasteiger partial charge in [0, 0.05) is 11.9 Å². The molecule has 0 atom stereocenters. The third-order valence-electron chi connectivity index (χ3n) is 2.54. The van der Waals surface area contributed by atoms with Crippen molar-refractivity contribution in [2.75, 3.05) is 5.32 Å². The highest BCUT2D eigenvalue weighted by Gasteiger charge is 2.04. The lowest BCUT2D eigenvalue weighted by molar-refractivity contribution is 0.155. The molecule has 1 amide bonds. The summed E-state index contributed by atoms with van der Waals surface area (Å²) in [4.78, 5) is 15.7. The molecule has 0 aliphatic rings. The van der Waals surface area contributed by atoms with Crippen LogP contribution in [0.1, 0.15) is 11.3 Å². The predicted molar refractivity (Wildman–Crippen MR) is 73.8 cm³/mol. The van der Waals surface area contributed by atoms with Crippen molar-refractivity contribution >= 4 is 11.8 Å². The van der Waals surface area contributed by atoms with E-state index in [0.29, 0.717) is 11.4 Å². The van der Waals surface area contributed by atoms with Gasteiger partial charge < -0.3 is 4.74 Å². The second kappa shape index (κ2) is 6.90. The minimum Gasteiger partial charge on any atom is -0.444 e. The molecular weight excluding hydrogens is 254 g/mol. The number of ether oxygens (including phenoxy) is 1. The van der Waals surface area contributed by atoms with Crippen LogP contribution in [0, 0.1) is 11.3 Å². The maximum absolute atomic E-state index is 11.6. The Morgan fingerprint density at radius 1 is 1.30 bits per heavy atom. The normalized spacial score (nSPS) is 9.55. The van der Waals surface area contributed by atoms with Crippen LogP contribution in [0.15, 0.2) is 48.7 Å². The minimum atomic E-state index is -0.539. The highest BCUT2D eigenvalue weighted by molar-refractivity contribution is 5.84. The van der Waals surface area contributed by atoms with Gasteiger partial charge in [0.15, 0.2) is 0 Å². The molecule has 0 aliphatic carbocycles. The van der Waals surface area contributed by atoms with E-state index in [0.717, 1.165) is 5.56 Å². The highest BCUT2D eigenvalue weighted by atomic mass is 16.5. The molecule has 1 N–H and O–H groups in total. The molecule has 0 aliphatic heterocycles. The van der Waals surface area contributed by atoms with Crippen molar-refractivity contribution in [1.29, 1.82) is 5.26 Å². The highest BCUT2D eigenvalue weighted by Crippen LogP contribution is 2.09. The summed E-state index contributed by atoms with van der Waals surface area (Å²) in [6.45, 7) is 0.211. The molecule has 5 heteroatoms. The average Bonchev–Trinajstić information content (AvgIpc) is 2.47. The molecule has 0 fully saturated rings. The number of pyridine rings is 1. The molecule has 1 heterocycles. The largest absolute Gasteiger partial charge is 0.444 e.